The first-order valence-electron chi connectivity index (χ1n) is 6.37. The van der Waals surface area contributed by atoms with Crippen LogP contribution in [0.25, 0.3) is 20.8 Å². The Morgan fingerprint density at radius 1 is 1.19 bits per heavy atom. The number of fused-ring (bicyclic) bond motifs is 1. The Labute approximate surface area is 130 Å². The summed E-state index contributed by atoms with van der Waals surface area (Å²) in [5.74, 6) is -0.927. The zero-order chi connectivity index (χ0) is 15.1. The van der Waals surface area contributed by atoms with Crippen molar-refractivity contribution in [2.45, 2.75) is 13.8 Å². The van der Waals surface area contributed by atoms with Crippen molar-refractivity contribution in [3.05, 3.63) is 52.0 Å². The van der Waals surface area contributed by atoms with E-state index in [0.29, 0.717) is 21.2 Å². The number of aromatic nitrogens is 1. The van der Waals surface area contributed by atoms with Gasteiger partial charge in [-0.1, -0.05) is 23.7 Å². The zero-order valence-corrected chi connectivity index (χ0v) is 13.0. The van der Waals surface area contributed by atoms with E-state index < -0.39 is 5.97 Å². The van der Waals surface area contributed by atoms with Crippen molar-refractivity contribution >= 4 is 39.1 Å². The lowest BCUT2D eigenvalue weighted by Crippen LogP contribution is -2.04. The number of hydrogen-bond acceptors (Lipinski definition) is 3. The van der Waals surface area contributed by atoms with Crippen LogP contribution in [0.4, 0.5) is 0 Å². The highest BCUT2D eigenvalue weighted by Gasteiger charge is 2.19. The van der Waals surface area contributed by atoms with Crippen molar-refractivity contribution in [1.29, 1.82) is 0 Å². The normalized spacial score (nSPS) is 11.0. The predicted octanol–water partition coefficient (Wildman–Crippen LogP) is 4.93. The van der Waals surface area contributed by atoms with E-state index in [0.717, 1.165) is 21.3 Å². The number of aromatic carboxylic acids is 1. The molecule has 0 unspecified atom stereocenters. The monoisotopic (exact) mass is 317 g/mol. The number of carbonyl (C=O) groups is 1. The van der Waals surface area contributed by atoms with Gasteiger partial charge in [-0.05, 0) is 43.2 Å². The summed E-state index contributed by atoms with van der Waals surface area (Å²) in [6.45, 7) is 3.71. The number of halogens is 1. The molecule has 1 N–H and O–H groups in total. The highest BCUT2D eigenvalue weighted by Crippen LogP contribution is 2.36. The summed E-state index contributed by atoms with van der Waals surface area (Å²) in [5, 5.41) is 10.9. The second kappa shape index (κ2) is 5.13. The van der Waals surface area contributed by atoms with E-state index >= 15 is 0 Å². The Hall–Kier alpha value is -1.91. The van der Waals surface area contributed by atoms with E-state index in [1.165, 1.54) is 11.3 Å². The van der Waals surface area contributed by atoms with Crippen LogP contribution in [0.1, 0.15) is 21.5 Å². The summed E-state index contributed by atoms with van der Waals surface area (Å²) in [4.78, 5) is 16.2. The van der Waals surface area contributed by atoms with Crippen LogP contribution in [0.2, 0.25) is 5.02 Å². The Morgan fingerprint density at radius 3 is 2.62 bits per heavy atom. The van der Waals surface area contributed by atoms with Gasteiger partial charge in [-0.25, -0.2) is 9.78 Å². The molecule has 1 aromatic heterocycles. The molecule has 0 radical (unpaired) electrons. The first kappa shape index (κ1) is 14.0. The molecule has 5 heteroatoms. The van der Waals surface area contributed by atoms with Gasteiger partial charge in [0, 0.05) is 10.6 Å². The molecule has 0 saturated carbocycles. The number of hydrogen-bond donors (Lipinski definition) is 1. The number of carboxylic acids is 1. The second-order valence-electron chi connectivity index (χ2n) is 4.89. The molecule has 0 aliphatic heterocycles. The van der Waals surface area contributed by atoms with Crippen molar-refractivity contribution in [2.24, 2.45) is 0 Å². The molecule has 0 aliphatic rings. The average Bonchev–Trinajstić information content (AvgIpc) is 2.83. The van der Waals surface area contributed by atoms with Crippen molar-refractivity contribution in [3.63, 3.8) is 0 Å². The van der Waals surface area contributed by atoms with Crippen molar-refractivity contribution in [1.82, 2.24) is 4.98 Å². The van der Waals surface area contributed by atoms with Gasteiger partial charge in [-0.15, -0.1) is 11.3 Å². The third-order valence-corrected chi connectivity index (χ3v) is 4.67. The maximum Gasteiger partial charge on any atom is 0.336 e. The number of benzene rings is 2. The van der Waals surface area contributed by atoms with Crippen LogP contribution in [0.3, 0.4) is 0 Å². The Balaban J connectivity index is 2.32. The fraction of sp³-hybridized carbons (Fsp3) is 0.125. The molecule has 0 amide bonds. The van der Waals surface area contributed by atoms with Crippen molar-refractivity contribution in [3.8, 4) is 10.6 Å². The van der Waals surface area contributed by atoms with Crippen LogP contribution >= 0.6 is 22.9 Å². The number of carboxylic acid groups (broad SMARTS) is 1. The Kier molecular flexibility index (Phi) is 3.43. The molecule has 3 aromatic rings. The lowest BCUT2D eigenvalue weighted by Gasteiger charge is -2.09. The van der Waals surface area contributed by atoms with Gasteiger partial charge in [0.25, 0.3) is 0 Å². The van der Waals surface area contributed by atoms with Gasteiger partial charge in [0.15, 0.2) is 0 Å². The minimum absolute atomic E-state index is 0.320. The summed E-state index contributed by atoms with van der Waals surface area (Å²) >= 11 is 7.46. The topological polar surface area (TPSA) is 50.2 Å². The minimum Gasteiger partial charge on any atom is -0.478 e. The third kappa shape index (κ3) is 2.41. The lowest BCUT2D eigenvalue weighted by atomic mass is 9.98. The number of rotatable bonds is 2. The first-order valence-corrected chi connectivity index (χ1v) is 7.57. The zero-order valence-electron chi connectivity index (χ0n) is 11.5. The van der Waals surface area contributed by atoms with Gasteiger partial charge in [0.2, 0.25) is 0 Å². The average molecular weight is 318 g/mol. The van der Waals surface area contributed by atoms with Gasteiger partial charge in [0.1, 0.15) is 5.01 Å². The van der Waals surface area contributed by atoms with Crippen molar-refractivity contribution < 1.29 is 9.90 Å². The molecular formula is C16H12ClNO2S. The standard InChI is InChI=1S/C16H12ClNO2S/c1-8-3-4-9(2)14(16(19)20)13(8)15-18-11-6-5-10(17)7-12(11)21-15/h3-7H,1-2H3,(H,19,20). The maximum atomic E-state index is 11.6. The molecule has 3 nitrogen and oxygen atoms in total. The summed E-state index contributed by atoms with van der Waals surface area (Å²) < 4.78 is 0.953. The van der Waals surface area contributed by atoms with Gasteiger partial charge in [-0.3, -0.25) is 0 Å². The highest BCUT2D eigenvalue weighted by atomic mass is 35.5. The van der Waals surface area contributed by atoms with E-state index in [1.54, 1.807) is 13.0 Å². The van der Waals surface area contributed by atoms with Gasteiger partial charge >= 0.3 is 5.97 Å². The van der Waals surface area contributed by atoms with E-state index in [1.807, 2.05) is 31.2 Å². The van der Waals surface area contributed by atoms with E-state index in [-0.39, 0.29) is 0 Å². The first-order chi connectivity index (χ1) is 9.97. The molecule has 0 atom stereocenters. The minimum atomic E-state index is -0.927. The van der Waals surface area contributed by atoms with Gasteiger partial charge in [0.05, 0.1) is 15.8 Å². The SMILES string of the molecule is Cc1ccc(C)c(-c2nc3ccc(Cl)cc3s2)c1C(=O)O. The van der Waals surface area contributed by atoms with Crippen LogP contribution in [0, 0.1) is 13.8 Å². The molecule has 0 fully saturated rings. The summed E-state index contributed by atoms with van der Waals surface area (Å²) in [5.41, 5.74) is 3.49. The van der Waals surface area contributed by atoms with E-state index in [2.05, 4.69) is 4.98 Å². The Bertz CT molecular complexity index is 870. The summed E-state index contributed by atoms with van der Waals surface area (Å²) in [6.07, 6.45) is 0. The Morgan fingerprint density at radius 2 is 1.90 bits per heavy atom. The van der Waals surface area contributed by atoms with Crippen LogP contribution in [0.15, 0.2) is 30.3 Å². The fourth-order valence-electron chi connectivity index (χ4n) is 2.37. The molecule has 106 valence electrons. The molecule has 0 aliphatic carbocycles. The molecule has 0 saturated heterocycles. The van der Waals surface area contributed by atoms with Gasteiger partial charge < -0.3 is 5.11 Å². The van der Waals surface area contributed by atoms with Crippen LogP contribution in [-0.2, 0) is 0 Å². The molecular weight excluding hydrogens is 306 g/mol. The maximum absolute atomic E-state index is 11.6. The molecule has 21 heavy (non-hydrogen) atoms. The quantitative estimate of drug-likeness (QED) is 0.729. The van der Waals surface area contributed by atoms with E-state index in [9.17, 15) is 9.90 Å². The highest BCUT2D eigenvalue weighted by molar-refractivity contribution is 7.21. The molecule has 0 bridgehead atoms. The molecule has 2 aromatic carbocycles. The largest absolute Gasteiger partial charge is 0.478 e. The van der Waals surface area contributed by atoms with Crippen LogP contribution < -0.4 is 0 Å². The summed E-state index contributed by atoms with van der Waals surface area (Å²) in [6, 6.07) is 9.24. The third-order valence-electron chi connectivity index (χ3n) is 3.40. The molecule has 0 spiro atoms. The van der Waals surface area contributed by atoms with Crippen LogP contribution in [0.5, 0.6) is 0 Å². The van der Waals surface area contributed by atoms with E-state index in [4.69, 9.17) is 11.6 Å². The second-order valence-corrected chi connectivity index (χ2v) is 6.35. The number of nitrogens with zero attached hydrogens (tertiary/aromatic N) is 1. The number of aryl methyl sites for hydroxylation is 2. The smallest absolute Gasteiger partial charge is 0.336 e. The molecule has 3 rings (SSSR count). The molecule has 1 heterocycles. The van der Waals surface area contributed by atoms with Crippen molar-refractivity contribution in [2.75, 3.05) is 0 Å². The summed E-state index contributed by atoms with van der Waals surface area (Å²) in [7, 11) is 0. The van der Waals surface area contributed by atoms with Gasteiger partial charge in [-0.2, -0.15) is 0 Å². The lowest BCUT2D eigenvalue weighted by molar-refractivity contribution is 0.0697. The fourth-order valence-corrected chi connectivity index (χ4v) is 3.73. The number of thiazole rings is 1. The van der Waals surface area contributed by atoms with Crippen LogP contribution in [-0.4, -0.2) is 16.1 Å². The predicted molar refractivity (Wildman–Crippen MR) is 86.5 cm³/mol.